The number of nitro groups is 1. The fraction of sp³-hybridized carbons (Fsp3) is 0.333. The summed E-state index contributed by atoms with van der Waals surface area (Å²) in [5.74, 6) is -0.745. The normalized spacial score (nSPS) is 10.7. The van der Waals surface area contributed by atoms with Crippen LogP contribution in [0.3, 0.4) is 0 Å². The molecule has 0 aliphatic carbocycles. The second-order valence-corrected chi connectivity index (χ2v) is 4.99. The van der Waals surface area contributed by atoms with Gasteiger partial charge >= 0.3 is 5.97 Å². The van der Waals surface area contributed by atoms with E-state index in [2.05, 4.69) is 5.32 Å². The van der Waals surface area contributed by atoms with Gasteiger partial charge in [-0.05, 0) is 17.6 Å². The molecule has 1 amide bonds. The Morgan fingerprint density at radius 2 is 2.14 bits per heavy atom. The lowest BCUT2D eigenvalue weighted by atomic mass is 10.2. The number of nitrogens with one attached hydrogen (secondary N) is 1. The molecule has 0 fully saturated rings. The van der Waals surface area contributed by atoms with Crippen LogP contribution in [0.15, 0.2) is 30.3 Å². The molecule has 1 N–H and O–H groups in total. The van der Waals surface area contributed by atoms with Gasteiger partial charge in [-0.1, -0.05) is 26.0 Å². The molecular weight excluding hydrogens is 288 g/mol. The fourth-order valence-electron chi connectivity index (χ4n) is 1.46. The largest absolute Gasteiger partial charge is 0.452 e. The molecule has 0 aromatic heterocycles. The highest BCUT2D eigenvalue weighted by Crippen LogP contribution is 2.14. The van der Waals surface area contributed by atoms with Crippen molar-refractivity contribution in [1.29, 1.82) is 0 Å². The van der Waals surface area contributed by atoms with Gasteiger partial charge in [0.25, 0.3) is 11.6 Å². The third-order valence-corrected chi connectivity index (χ3v) is 2.55. The first-order valence-electron chi connectivity index (χ1n) is 6.74. The second-order valence-electron chi connectivity index (χ2n) is 4.99. The molecule has 118 valence electrons. The molecule has 22 heavy (non-hydrogen) atoms. The van der Waals surface area contributed by atoms with E-state index in [-0.39, 0.29) is 18.2 Å². The Morgan fingerprint density at radius 1 is 1.41 bits per heavy atom. The Bertz CT molecular complexity index is 581. The molecule has 0 atom stereocenters. The van der Waals surface area contributed by atoms with Crippen molar-refractivity contribution in [3.63, 3.8) is 0 Å². The van der Waals surface area contributed by atoms with Gasteiger partial charge in [0.05, 0.1) is 4.92 Å². The Balaban J connectivity index is 2.46. The van der Waals surface area contributed by atoms with Crippen LogP contribution in [-0.2, 0) is 14.3 Å². The van der Waals surface area contributed by atoms with E-state index < -0.39 is 10.9 Å². The number of nitro benzene ring substituents is 1. The van der Waals surface area contributed by atoms with Crippen LogP contribution in [0.25, 0.3) is 6.08 Å². The topological polar surface area (TPSA) is 98.5 Å². The van der Waals surface area contributed by atoms with Crippen LogP contribution < -0.4 is 5.32 Å². The van der Waals surface area contributed by atoms with Crippen LogP contribution in [0.4, 0.5) is 5.69 Å². The van der Waals surface area contributed by atoms with Crippen molar-refractivity contribution in [2.24, 2.45) is 5.92 Å². The minimum Gasteiger partial charge on any atom is -0.452 e. The zero-order valence-corrected chi connectivity index (χ0v) is 12.4. The van der Waals surface area contributed by atoms with Gasteiger partial charge in [0.1, 0.15) is 0 Å². The molecule has 0 unspecified atom stereocenters. The van der Waals surface area contributed by atoms with Crippen LogP contribution in [0.1, 0.15) is 19.4 Å². The summed E-state index contributed by atoms with van der Waals surface area (Å²) in [6.45, 7) is 4.06. The maximum Gasteiger partial charge on any atom is 0.331 e. The number of hydrogen-bond donors (Lipinski definition) is 1. The smallest absolute Gasteiger partial charge is 0.331 e. The number of hydrogen-bond acceptors (Lipinski definition) is 5. The fourth-order valence-corrected chi connectivity index (χ4v) is 1.46. The van der Waals surface area contributed by atoms with Crippen molar-refractivity contribution < 1.29 is 19.2 Å². The van der Waals surface area contributed by atoms with Gasteiger partial charge in [-0.3, -0.25) is 14.9 Å². The van der Waals surface area contributed by atoms with E-state index >= 15 is 0 Å². The van der Waals surface area contributed by atoms with E-state index in [1.165, 1.54) is 24.3 Å². The van der Waals surface area contributed by atoms with Crippen LogP contribution in [-0.4, -0.2) is 30.0 Å². The molecule has 7 nitrogen and oxygen atoms in total. The van der Waals surface area contributed by atoms with Crippen molar-refractivity contribution in [3.8, 4) is 0 Å². The van der Waals surface area contributed by atoms with Crippen LogP contribution in [0, 0.1) is 16.0 Å². The third-order valence-electron chi connectivity index (χ3n) is 2.55. The number of amides is 1. The van der Waals surface area contributed by atoms with Gasteiger partial charge < -0.3 is 10.1 Å². The Labute approximate surface area is 128 Å². The molecule has 0 spiro atoms. The predicted octanol–water partition coefficient (Wildman–Crippen LogP) is 1.92. The van der Waals surface area contributed by atoms with Gasteiger partial charge in [0.15, 0.2) is 6.61 Å². The van der Waals surface area contributed by atoms with Gasteiger partial charge in [-0.15, -0.1) is 0 Å². The highest BCUT2D eigenvalue weighted by Gasteiger charge is 2.06. The minimum atomic E-state index is -0.689. The highest BCUT2D eigenvalue weighted by molar-refractivity contribution is 5.89. The number of benzene rings is 1. The summed E-state index contributed by atoms with van der Waals surface area (Å²) in [7, 11) is 0. The first-order valence-corrected chi connectivity index (χ1v) is 6.74. The Kier molecular flexibility index (Phi) is 6.75. The monoisotopic (exact) mass is 306 g/mol. The minimum absolute atomic E-state index is 0.0661. The summed E-state index contributed by atoms with van der Waals surface area (Å²) >= 11 is 0. The van der Waals surface area contributed by atoms with E-state index in [0.717, 1.165) is 6.08 Å². The van der Waals surface area contributed by atoms with E-state index in [9.17, 15) is 19.7 Å². The van der Waals surface area contributed by atoms with E-state index in [1.54, 1.807) is 6.07 Å². The van der Waals surface area contributed by atoms with E-state index in [1.807, 2.05) is 13.8 Å². The summed E-state index contributed by atoms with van der Waals surface area (Å²) < 4.78 is 4.76. The molecule has 7 heteroatoms. The predicted molar refractivity (Wildman–Crippen MR) is 80.9 cm³/mol. The molecule has 0 saturated carbocycles. The van der Waals surface area contributed by atoms with Gasteiger partial charge in [0, 0.05) is 24.8 Å². The molecular formula is C15H18N2O5. The first-order chi connectivity index (χ1) is 10.4. The zero-order valence-electron chi connectivity index (χ0n) is 12.4. The van der Waals surface area contributed by atoms with Crippen LogP contribution >= 0.6 is 0 Å². The molecule has 0 bridgehead atoms. The Hall–Kier alpha value is -2.70. The number of carbonyl (C=O) groups excluding carboxylic acids is 2. The Morgan fingerprint density at radius 3 is 2.77 bits per heavy atom. The first kappa shape index (κ1) is 17.4. The number of esters is 1. The number of ether oxygens (including phenoxy) is 1. The maximum atomic E-state index is 11.5. The zero-order chi connectivity index (χ0) is 16.5. The standard InChI is InChI=1S/C15H18N2O5/c1-11(2)9-16-14(18)10-22-15(19)7-6-12-4-3-5-13(8-12)17(20)21/h3-8,11H,9-10H2,1-2H3,(H,16,18)/b7-6+. The molecule has 0 aliphatic rings. The third kappa shape index (κ3) is 6.65. The SMILES string of the molecule is CC(C)CNC(=O)COC(=O)/C=C/c1cccc([N+](=O)[O-])c1. The molecule has 0 saturated heterocycles. The van der Waals surface area contributed by atoms with Crippen LogP contribution in [0.2, 0.25) is 0 Å². The lowest BCUT2D eigenvalue weighted by Gasteiger charge is -2.07. The molecule has 0 radical (unpaired) electrons. The average molecular weight is 306 g/mol. The number of nitrogens with zero attached hydrogens (tertiary/aromatic N) is 1. The lowest BCUT2D eigenvalue weighted by Crippen LogP contribution is -2.31. The van der Waals surface area contributed by atoms with Gasteiger partial charge in [-0.2, -0.15) is 0 Å². The van der Waals surface area contributed by atoms with Crippen molar-refractivity contribution in [3.05, 3.63) is 46.0 Å². The highest BCUT2D eigenvalue weighted by atomic mass is 16.6. The summed E-state index contributed by atoms with van der Waals surface area (Å²) in [6.07, 6.45) is 2.51. The van der Waals surface area contributed by atoms with Crippen molar-refractivity contribution in [2.45, 2.75) is 13.8 Å². The summed E-state index contributed by atoms with van der Waals surface area (Å²) in [6, 6.07) is 5.82. The van der Waals surface area contributed by atoms with Crippen molar-refractivity contribution in [2.75, 3.05) is 13.2 Å². The summed E-state index contributed by atoms with van der Waals surface area (Å²) in [5.41, 5.74) is 0.430. The molecule has 0 aliphatic heterocycles. The summed E-state index contributed by atoms with van der Waals surface area (Å²) in [5, 5.41) is 13.2. The lowest BCUT2D eigenvalue weighted by molar-refractivity contribution is -0.384. The van der Waals surface area contributed by atoms with Crippen molar-refractivity contribution >= 4 is 23.6 Å². The summed E-state index contributed by atoms with van der Waals surface area (Å²) in [4.78, 5) is 32.9. The van der Waals surface area contributed by atoms with Crippen molar-refractivity contribution in [1.82, 2.24) is 5.32 Å². The average Bonchev–Trinajstić information content (AvgIpc) is 2.49. The number of carbonyl (C=O) groups is 2. The molecule has 1 aromatic carbocycles. The molecule has 1 aromatic rings. The van der Waals surface area contributed by atoms with E-state index in [4.69, 9.17) is 4.74 Å². The quantitative estimate of drug-likeness (QED) is 0.359. The van der Waals surface area contributed by atoms with Gasteiger partial charge in [-0.25, -0.2) is 4.79 Å². The number of non-ortho nitro benzene ring substituents is 1. The number of rotatable bonds is 7. The van der Waals surface area contributed by atoms with E-state index in [0.29, 0.717) is 18.0 Å². The van der Waals surface area contributed by atoms with Gasteiger partial charge in [0.2, 0.25) is 0 Å². The molecule has 0 heterocycles. The molecule has 1 rings (SSSR count). The van der Waals surface area contributed by atoms with Crippen LogP contribution in [0.5, 0.6) is 0 Å². The maximum absolute atomic E-state index is 11.5. The second kappa shape index (κ2) is 8.56.